The van der Waals surface area contributed by atoms with Crippen molar-refractivity contribution in [3.05, 3.63) is 97.2 Å². The van der Waals surface area contributed by atoms with Crippen LogP contribution in [-0.2, 0) is 28.6 Å². The molecule has 1 unspecified atom stereocenters. The van der Waals surface area contributed by atoms with Crippen molar-refractivity contribution in [1.82, 2.24) is 0 Å². The molecule has 0 aliphatic carbocycles. The highest BCUT2D eigenvalue weighted by Crippen LogP contribution is 2.16. The topological polar surface area (TPSA) is 78.9 Å². The van der Waals surface area contributed by atoms with Gasteiger partial charge in [-0.2, -0.15) is 0 Å². The summed E-state index contributed by atoms with van der Waals surface area (Å²) in [6.45, 7) is 6.50. The molecular formula is C72H124O6. The minimum Gasteiger partial charge on any atom is -0.462 e. The van der Waals surface area contributed by atoms with Gasteiger partial charge in [0.25, 0.3) is 0 Å². The number of allylic oxidation sites excluding steroid dienone is 16. The Bertz CT molecular complexity index is 1530. The molecule has 1 atom stereocenters. The van der Waals surface area contributed by atoms with Crippen LogP contribution in [0.4, 0.5) is 0 Å². The Kier molecular flexibility index (Phi) is 62.7. The molecule has 0 fully saturated rings. The second-order valence-corrected chi connectivity index (χ2v) is 22.0. The molecule has 0 spiro atoms. The molecule has 0 rings (SSSR count). The van der Waals surface area contributed by atoms with Gasteiger partial charge in [0.15, 0.2) is 6.10 Å². The quantitative estimate of drug-likeness (QED) is 0.0261. The van der Waals surface area contributed by atoms with Crippen molar-refractivity contribution in [2.75, 3.05) is 13.2 Å². The number of unbranched alkanes of at least 4 members (excludes halogenated alkanes) is 33. The molecule has 6 nitrogen and oxygen atoms in total. The lowest BCUT2D eigenvalue weighted by molar-refractivity contribution is -0.167. The SMILES string of the molecule is CC/C=C\C/C=C\C/C=C\C/C=C\C/C=C\CCCCCCCCCCCCCC(=O)OCC(COC(=O)CCCCCCC/C=C\C/C=C\CCCC)OC(=O)CCCCCCCCCCC/C=C\CCCCCCCC. The van der Waals surface area contributed by atoms with E-state index in [1.165, 1.54) is 173 Å². The zero-order valence-electron chi connectivity index (χ0n) is 51.4. The van der Waals surface area contributed by atoms with Crippen LogP contribution in [0.5, 0.6) is 0 Å². The van der Waals surface area contributed by atoms with Crippen molar-refractivity contribution < 1.29 is 28.6 Å². The standard InChI is InChI=1S/C72H124O6/c1-4-7-10-13-16-19-22-25-28-30-32-33-34-35-36-37-38-39-41-42-44-47-50-53-56-59-62-65-71(74)77-68-69(67-76-70(73)64-61-58-55-52-49-46-27-24-21-18-15-12-9-6-3)78-72(75)66-63-60-57-54-51-48-45-43-40-31-29-26-23-20-17-14-11-8-5-2/h7,10,15-16,18-19,24-29,32-33,35-36,69H,4-6,8-9,11-14,17,20-23,30-31,34,37-68H2,1-3H3/b10-7-,18-15-,19-16-,27-24-,28-25-,29-26-,33-32-,36-35-. The van der Waals surface area contributed by atoms with Crippen LogP contribution in [0.15, 0.2) is 97.2 Å². The Hall–Kier alpha value is -3.67. The van der Waals surface area contributed by atoms with Crippen LogP contribution in [0, 0.1) is 0 Å². The number of esters is 3. The normalized spacial score (nSPS) is 12.7. The van der Waals surface area contributed by atoms with E-state index in [1.54, 1.807) is 0 Å². The van der Waals surface area contributed by atoms with Gasteiger partial charge in [0.1, 0.15) is 13.2 Å². The van der Waals surface area contributed by atoms with Gasteiger partial charge in [-0.05, 0) is 116 Å². The summed E-state index contributed by atoms with van der Waals surface area (Å²) < 4.78 is 16.9. The third-order valence-corrected chi connectivity index (χ3v) is 14.3. The van der Waals surface area contributed by atoms with Crippen molar-refractivity contribution in [2.24, 2.45) is 0 Å². The maximum atomic E-state index is 12.9. The van der Waals surface area contributed by atoms with Crippen molar-refractivity contribution in [1.29, 1.82) is 0 Å². The van der Waals surface area contributed by atoms with E-state index < -0.39 is 6.10 Å². The fourth-order valence-electron chi connectivity index (χ4n) is 9.31. The maximum Gasteiger partial charge on any atom is 0.306 e. The van der Waals surface area contributed by atoms with E-state index in [0.29, 0.717) is 19.3 Å². The number of carbonyl (C=O) groups is 3. The number of hydrogen-bond donors (Lipinski definition) is 0. The van der Waals surface area contributed by atoms with Crippen LogP contribution in [-0.4, -0.2) is 37.2 Å². The van der Waals surface area contributed by atoms with Gasteiger partial charge in [-0.25, -0.2) is 0 Å². The zero-order valence-corrected chi connectivity index (χ0v) is 51.4. The second kappa shape index (κ2) is 65.8. The fourth-order valence-corrected chi connectivity index (χ4v) is 9.31. The molecule has 0 aliphatic rings. The van der Waals surface area contributed by atoms with E-state index in [1.807, 2.05) is 0 Å². The van der Waals surface area contributed by atoms with E-state index in [0.717, 1.165) is 109 Å². The van der Waals surface area contributed by atoms with Crippen molar-refractivity contribution in [3.8, 4) is 0 Å². The summed E-state index contributed by atoms with van der Waals surface area (Å²) in [6, 6.07) is 0. The van der Waals surface area contributed by atoms with E-state index in [2.05, 4.69) is 118 Å². The Morgan fingerprint density at radius 2 is 0.513 bits per heavy atom. The van der Waals surface area contributed by atoms with Crippen LogP contribution >= 0.6 is 0 Å². The lowest BCUT2D eigenvalue weighted by atomic mass is 10.0. The fraction of sp³-hybridized carbons (Fsp3) is 0.736. The number of rotatable bonds is 60. The van der Waals surface area contributed by atoms with E-state index in [-0.39, 0.29) is 31.1 Å². The first-order valence-corrected chi connectivity index (χ1v) is 33.2. The Balaban J connectivity index is 4.32. The molecule has 0 saturated heterocycles. The monoisotopic (exact) mass is 1080 g/mol. The second-order valence-electron chi connectivity index (χ2n) is 22.0. The predicted octanol–water partition coefficient (Wildman–Crippen LogP) is 22.8. The molecule has 78 heavy (non-hydrogen) atoms. The van der Waals surface area contributed by atoms with Gasteiger partial charge >= 0.3 is 17.9 Å². The smallest absolute Gasteiger partial charge is 0.306 e. The molecule has 6 heteroatoms. The summed E-state index contributed by atoms with van der Waals surface area (Å²) in [6.07, 6.45) is 88.4. The summed E-state index contributed by atoms with van der Waals surface area (Å²) in [5, 5.41) is 0. The average Bonchev–Trinajstić information content (AvgIpc) is 3.44. The number of hydrogen-bond acceptors (Lipinski definition) is 6. The third-order valence-electron chi connectivity index (χ3n) is 14.3. The van der Waals surface area contributed by atoms with Crippen molar-refractivity contribution in [2.45, 2.75) is 329 Å². The summed E-state index contributed by atoms with van der Waals surface area (Å²) in [5.74, 6) is -0.890. The first kappa shape index (κ1) is 74.3. The molecule has 0 saturated carbocycles. The largest absolute Gasteiger partial charge is 0.462 e. The van der Waals surface area contributed by atoms with E-state index >= 15 is 0 Å². The number of carbonyl (C=O) groups excluding carboxylic acids is 3. The molecular weight excluding hydrogens is 961 g/mol. The lowest BCUT2D eigenvalue weighted by Crippen LogP contribution is -2.30. The van der Waals surface area contributed by atoms with Crippen molar-refractivity contribution in [3.63, 3.8) is 0 Å². The molecule has 0 bridgehead atoms. The Labute approximate surface area is 483 Å². The van der Waals surface area contributed by atoms with Crippen LogP contribution in [0.2, 0.25) is 0 Å². The van der Waals surface area contributed by atoms with Gasteiger partial charge in [0.2, 0.25) is 0 Å². The van der Waals surface area contributed by atoms with Crippen LogP contribution in [0.1, 0.15) is 323 Å². The molecule has 0 amide bonds. The highest BCUT2D eigenvalue weighted by atomic mass is 16.6. The molecule has 0 aromatic carbocycles. The zero-order chi connectivity index (χ0) is 56.4. The highest BCUT2D eigenvalue weighted by molar-refractivity contribution is 5.71. The lowest BCUT2D eigenvalue weighted by Gasteiger charge is -2.18. The third kappa shape index (κ3) is 63.2. The molecule has 448 valence electrons. The van der Waals surface area contributed by atoms with Gasteiger partial charge in [-0.3, -0.25) is 14.4 Å². The molecule has 0 radical (unpaired) electrons. The molecule has 0 N–H and O–H groups in total. The molecule has 0 aromatic rings. The number of ether oxygens (including phenoxy) is 3. The van der Waals surface area contributed by atoms with E-state index in [4.69, 9.17) is 14.2 Å². The maximum absolute atomic E-state index is 12.9. The van der Waals surface area contributed by atoms with E-state index in [9.17, 15) is 14.4 Å². The molecule has 0 heterocycles. The van der Waals surface area contributed by atoms with Gasteiger partial charge in [0.05, 0.1) is 0 Å². The van der Waals surface area contributed by atoms with Gasteiger partial charge in [0, 0.05) is 19.3 Å². The Morgan fingerprint density at radius 1 is 0.269 bits per heavy atom. The van der Waals surface area contributed by atoms with Crippen LogP contribution in [0.25, 0.3) is 0 Å². The predicted molar refractivity (Wildman–Crippen MR) is 339 cm³/mol. The summed E-state index contributed by atoms with van der Waals surface area (Å²) in [4.78, 5) is 38.4. The van der Waals surface area contributed by atoms with Crippen LogP contribution in [0.3, 0.4) is 0 Å². The molecule has 0 aliphatic heterocycles. The van der Waals surface area contributed by atoms with Gasteiger partial charge in [-0.1, -0.05) is 285 Å². The Morgan fingerprint density at radius 3 is 0.833 bits per heavy atom. The van der Waals surface area contributed by atoms with Gasteiger partial charge < -0.3 is 14.2 Å². The first-order valence-electron chi connectivity index (χ1n) is 33.2. The minimum absolute atomic E-state index is 0.0830. The summed E-state index contributed by atoms with van der Waals surface area (Å²) in [5.41, 5.74) is 0. The highest BCUT2D eigenvalue weighted by Gasteiger charge is 2.19. The van der Waals surface area contributed by atoms with Crippen molar-refractivity contribution >= 4 is 17.9 Å². The van der Waals surface area contributed by atoms with Gasteiger partial charge in [-0.15, -0.1) is 0 Å². The summed E-state index contributed by atoms with van der Waals surface area (Å²) in [7, 11) is 0. The molecule has 0 aromatic heterocycles. The summed E-state index contributed by atoms with van der Waals surface area (Å²) >= 11 is 0. The first-order chi connectivity index (χ1) is 38.5. The average molecular weight is 1090 g/mol. The van der Waals surface area contributed by atoms with Crippen LogP contribution < -0.4 is 0 Å². The minimum atomic E-state index is -0.787.